The van der Waals surface area contributed by atoms with Gasteiger partial charge in [0, 0.05) is 12.3 Å². The Kier molecular flexibility index (Phi) is 3.92. The van der Waals surface area contributed by atoms with E-state index in [1.54, 1.807) is 31.3 Å². The first-order valence-corrected chi connectivity index (χ1v) is 5.59. The molecule has 0 spiro atoms. The maximum atomic E-state index is 11.6. The van der Waals surface area contributed by atoms with Gasteiger partial charge in [-0.1, -0.05) is 6.07 Å². The van der Waals surface area contributed by atoms with Crippen LogP contribution in [0.15, 0.2) is 45.9 Å². The van der Waals surface area contributed by atoms with E-state index in [0.717, 1.165) is 0 Å². The minimum absolute atomic E-state index is 0.0404. The van der Waals surface area contributed by atoms with Crippen LogP contribution in [0.2, 0.25) is 0 Å². The van der Waals surface area contributed by atoms with Gasteiger partial charge in [0.25, 0.3) is 5.91 Å². The SMILES string of the molecule is Cc1occc(=O)c1OCC(=O)Nc1ccccn1. The number of ether oxygens (including phenoxy) is 1. The molecule has 0 unspecified atom stereocenters. The number of nitrogens with zero attached hydrogens (tertiary/aromatic N) is 1. The Hall–Kier alpha value is -2.63. The number of carbonyl (C=O) groups is 1. The predicted molar refractivity (Wildman–Crippen MR) is 68.1 cm³/mol. The molecule has 0 atom stereocenters. The van der Waals surface area contributed by atoms with E-state index in [2.05, 4.69) is 10.3 Å². The number of aromatic nitrogens is 1. The van der Waals surface area contributed by atoms with Crippen LogP contribution in [0.25, 0.3) is 0 Å². The molecule has 1 amide bonds. The van der Waals surface area contributed by atoms with E-state index >= 15 is 0 Å². The van der Waals surface area contributed by atoms with Crippen LogP contribution in [-0.2, 0) is 4.79 Å². The Balaban J connectivity index is 1.96. The van der Waals surface area contributed by atoms with E-state index in [4.69, 9.17) is 9.15 Å². The highest BCUT2D eigenvalue weighted by molar-refractivity contribution is 5.90. The van der Waals surface area contributed by atoms with Gasteiger partial charge in [0.05, 0.1) is 6.26 Å². The number of amides is 1. The van der Waals surface area contributed by atoms with Crippen LogP contribution in [0.3, 0.4) is 0 Å². The summed E-state index contributed by atoms with van der Waals surface area (Å²) >= 11 is 0. The lowest BCUT2D eigenvalue weighted by molar-refractivity contribution is -0.118. The molecular weight excluding hydrogens is 248 g/mol. The summed E-state index contributed by atoms with van der Waals surface area (Å²) in [6.07, 6.45) is 2.84. The molecule has 0 saturated carbocycles. The van der Waals surface area contributed by atoms with Crippen molar-refractivity contribution in [2.75, 3.05) is 11.9 Å². The molecule has 98 valence electrons. The lowest BCUT2D eigenvalue weighted by atomic mass is 10.4. The lowest BCUT2D eigenvalue weighted by Crippen LogP contribution is -2.22. The van der Waals surface area contributed by atoms with Crippen molar-refractivity contribution < 1.29 is 13.9 Å². The molecule has 6 heteroatoms. The topological polar surface area (TPSA) is 81.4 Å². The third kappa shape index (κ3) is 3.41. The standard InChI is InChI=1S/C13H12N2O4/c1-9-13(10(16)5-7-18-9)19-8-12(17)15-11-4-2-3-6-14-11/h2-7H,8H2,1H3,(H,14,15,17). The molecule has 0 aliphatic rings. The van der Waals surface area contributed by atoms with Crippen molar-refractivity contribution in [3.8, 4) is 5.75 Å². The monoisotopic (exact) mass is 260 g/mol. The van der Waals surface area contributed by atoms with E-state index in [9.17, 15) is 9.59 Å². The number of hydrogen-bond acceptors (Lipinski definition) is 5. The van der Waals surface area contributed by atoms with E-state index in [1.165, 1.54) is 12.3 Å². The van der Waals surface area contributed by atoms with E-state index in [-0.39, 0.29) is 17.8 Å². The highest BCUT2D eigenvalue weighted by Crippen LogP contribution is 2.10. The van der Waals surface area contributed by atoms with Crippen molar-refractivity contribution in [3.05, 3.63) is 52.7 Å². The van der Waals surface area contributed by atoms with Gasteiger partial charge in [-0.3, -0.25) is 9.59 Å². The molecule has 2 aromatic rings. The second-order valence-electron chi connectivity index (χ2n) is 3.72. The van der Waals surface area contributed by atoms with Crippen molar-refractivity contribution in [1.29, 1.82) is 0 Å². The van der Waals surface area contributed by atoms with Gasteiger partial charge in [0.15, 0.2) is 6.61 Å². The Morgan fingerprint density at radius 3 is 2.95 bits per heavy atom. The average Bonchev–Trinajstić information content (AvgIpc) is 2.39. The molecule has 0 radical (unpaired) electrons. The largest absolute Gasteiger partial charge is 0.476 e. The molecule has 0 aromatic carbocycles. The molecule has 1 N–H and O–H groups in total. The van der Waals surface area contributed by atoms with Crippen molar-refractivity contribution >= 4 is 11.7 Å². The molecule has 0 aliphatic carbocycles. The zero-order chi connectivity index (χ0) is 13.7. The molecule has 0 bridgehead atoms. The maximum absolute atomic E-state index is 11.6. The summed E-state index contributed by atoms with van der Waals surface area (Å²) in [6.45, 7) is 1.31. The number of hydrogen-bond donors (Lipinski definition) is 1. The quantitative estimate of drug-likeness (QED) is 0.897. The fraction of sp³-hybridized carbons (Fsp3) is 0.154. The summed E-state index contributed by atoms with van der Waals surface area (Å²) in [7, 11) is 0. The van der Waals surface area contributed by atoms with Gasteiger partial charge in [-0.25, -0.2) is 4.98 Å². The fourth-order valence-electron chi connectivity index (χ4n) is 1.43. The van der Waals surface area contributed by atoms with Gasteiger partial charge in [-0.05, 0) is 19.1 Å². The van der Waals surface area contributed by atoms with Crippen molar-refractivity contribution in [2.24, 2.45) is 0 Å². The second kappa shape index (κ2) is 5.81. The van der Waals surface area contributed by atoms with Crippen LogP contribution in [0.5, 0.6) is 5.75 Å². The Labute approximate surface area is 109 Å². The number of pyridine rings is 1. The Morgan fingerprint density at radius 2 is 2.26 bits per heavy atom. The highest BCUT2D eigenvalue weighted by Gasteiger charge is 2.09. The Morgan fingerprint density at radius 1 is 1.42 bits per heavy atom. The molecule has 2 rings (SSSR count). The number of nitrogens with one attached hydrogen (secondary N) is 1. The van der Waals surface area contributed by atoms with Crippen LogP contribution in [0.4, 0.5) is 5.82 Å². The normalized spacial score (nSPS) is 9.95. The smallest absolute Gasteiger partial charge is 0.263 e. The summed E-state index contributed by atoms with van der Waals surface area (Å²) in [6, 6.07) is 6.38. The van der Waals surface area contributed by atoms with Crippen molar-refractivity contribution in [1.82, 2.24) is 4.98 Å². The van der Waals surface area contributed by atoms with Gasteiger partial charge in [-0.15, -0.1) is 0 Å². The van der Waals surface area contributed by atoms with Crippen molar-refractivity contribution in [3.63, 3.8) is 0 Å². The third-order valence-corrected chi connectivity index (χ3v) is 2.29. The zero-order valence-corrected chi connectivity index (χ0v) is 10.3. The summed E-state index contributed by atoms with van der Waals surface area (Å²) in [5.74, 6) is 0.395. The molecule has 2 aromatic heterocycles. The van der Waals surface area contributed by atoms with Gasteiger partial charge >= 0.3 is 0 Å². The summed E-state index contributed by atoms with van der Waals surface area (Å²) in [4.78, 5) is 27.0. The van der Waals surface area contributed by atoms with E-state index in [1.807, 2.05) is 0 Å². The Bertz CT molecular complexity index is 622. The van der Waals surface area contributed by atoms with Crippen LogP contribution < -0.4 is 15.5 Å². The third-order valence-electron chi connectivity index (χ3n) is 2.29. The van der Waals surface area contributed by atoms with Gasteiger partial charge < -0.3 is 14.5 Å². The molecule has 2 heterocycles. The maximum Gasteiger partial charge on any atom is 0.263 e. The molecule has 6 nitrogen and oxygen atoms in total. The van der Waals surface area contributed by atoms with Crippen LogP contribution >= 0.6 is 0 Å². The first-order chi connectivity index (χ1) is 9.16. The molecule has 0 aliphatic heterocycles. The number of aryl methyl sites for hydroxylation is 1. The number of carbonyl (C=O) groups excluding carboxylic acids is 1. The molecular formula is C13H12N2O4. The van der Waals surface area contributed by atoms with E-state index < -0.39 is 5.91 Å². The van der Waals surface area contributed by atoms with Crippen LogP contribution in [-0.4, -0.2) is 17.5 Å². The first-order valence-electron chi connectivity index (χ1n) is 5.59. The summed E-state index contributed by atoms with van der Waals surface area (Å²) < 4.78 is 10.2. The first kappa shape index (κ1) is 12.8. The number of anilines is 1. The van der Waals surface area contributed by atoms with Crippen LogP contribution in [0.1, 0.15) is 5.76 Å². The fourth-order valence-corrected chi connectivity index (χ4v) is 1.43. The van der Waals surface area contributed by atoms with Gasteiger partial charge in [0.2, 0.25) is 11.2 Å². The molecule has 19 heavy (non-hydrogen) atoms. The molecule has 0 saturated heterocycles. The van der Waals surface area contributed by atoms with Crippen LogP contribution in [0, 0.1) is 6.92 Å². The zero-order valence-electron chi connectivity index (χ0n) is 10.3. The summed E-state index contributed by atoms with van der Waals surface area (Å²) in [5, 5.41) is 2.54. The predicted octanol–water partition coefficient (Wildman–Crippen LogP) is 1.36. The lowest BCUT2D eigenvalue weighted by Gasteiger charge is -2.07. The minimum Gasteiger partial charge on any atom is -0.476 e. The van der Waals surface area contributed by atoms with E-state index in [0.29, 0.717) is 11.6 Å². The molecule has 0 fully saturated rings. The minimum atomic E-state index is -0.402. The average molecular weight is 260 g/mol. The van der Waals surface area contributed by atoms with Gasteiger partial charge in [0.1, 0.15) is 11.6 Å². The van der Waals surface area contributed by atoms with Gasteiger partial charge in [-0.2, -0.15) is 0 Å². The summed E-state index contributed by atoms with van der Waals surface area (Å²) in [5.41, 5.74) is -0.325. The van der Waals surface area contributed by atoms with Crippen molar-refractivity contribution in [2.45, 2.75) is 6.92 Å². The number of rotatable bonds is 4. The second-order valence-corrected chi connectivity index (χ2v) is 3.72. The highest BCUT2D eigenvalue weighted by atomic mass is 16.5.